The average Bonchev–Trinajstić information content (AvgIpc) is 2.68. The largest absolute Gasteiger partial charge is 0.371 e. The highest BCUT2D eigenvalue weighted by atomic mass is 16.6. The van der Waals surface area contributed by atoms with Crippen LogP contribution in [0.5, 0.6) is 0 Å². The van der Waals surface area contributed by atoms with Crippen molar-refractivity contribution in [2.24, 2.45) is 5.92 Å². The number of carbonyl (C=O) groups excluding carboxylic acids is 1. The molecule has 1 heterocycles. The number of nitro groups is 1. The second kappa shape index (κ2) is 8.87. The number of hydrogen-bond acceptors (Lipinski definition) is 4. The minimum Gasteiger partial charge on any atom is -0.371 e. The number of nitrogens with one attached hydrogen (secondary N) is 1. The van der Waals surface area contributed by atoms with Crippen LogP contribution >= 0.6 is 0 Å². The minimum absolute atomic E-state index is 0.00869. The summed E-state index contributed by atoms with van der Waals surface area (Å²) in [5, 5.41) is 14.0. The Morgan fingerprint density at radius 2 is 1.96 bits per heavy atom. The second-order valence-electron chi connectivity index (χ2n) is 7.64. The van der Waals surface area contributed by atoms with Crippen molar-refractivity contribution < 1.29 is 9.72 Å². The number of piperidine rings is 1. The molecule has 2 aromatic carbocycles. The van der Waals surface area contributed by atoms with Crippen LogP contribution in [0.1, 0.15) is 43.9 Å². The summed E-state index contributed by atoms with van der Waals surface area (Å²) in [5.41, 5.74) is 2.63. The molecule has 6 heteroatoms. The number of nitrogens with zero attached hydrogens (tertiary/aromatic N) is 2. The number of nitro benzene ring substituents is 1. The Kier molecular flexibility index (Phi) is 6.29. The maximum absolute atomic E-state index is 12.4. The quantitative estimate of drug-likeness (QED) is 0.599. The molecule has 0 bridgehead atoms. The minimum atomic E-state index is -0.452. The Morgan fingerprint density at radius 3 is 2.64 bits per heavy atom. The van der Waals surface area contributed by atoms with Gasteiger partial charge >= 0.3 is 0 Å². The zero-order chi connectivity index (χ0) is 20.1. The summed E-state index contributed by atoms with van der Waals surface area (Å²) < 4.78 is 0. The van der Waals surface area contributed by atoms with Gasteiger partial charge in [0.05, 0.1) is 17.4 Å². The molecule has 0 aromatic heterocycles. The number of benzene rings is 2. The normalized spacial score (nSPS) is 17.8. The van der Waals surface area contributed by atoms with Gasteiger partial charge in [-0.25, -0.2) is 0 Å². The van der Waals surface area contributed by atoms with Gasteiger partial charge in [-0.2, -0.15) is 0 Å². The number of amides is 1. The first kappa shape index (κ1) is 19.9. The zero-order valence-electron chi connectivity index (χ0n) is 16.4. The molecule has 1 fully saturated rings. The molecule has 0 unspecified atom stereocenters. The van der Waals surface area contributed by atoms with Crippen LogP contribution in [-0.4, -0.2) is 23.9 Å². The van der Waals surface area contributed by atoms with Gasteiger partial charge in [0.2, 0.25) is 5.91 Å². The Bertz CT molecular complexity index is 835. The molecule has 2 atom stereocenters. The molecule has 0 saturated carbocycles. The first-order chi connectivity index (χ1) is 13.4. The van der Waals surface area contributed by atoms with Gasteiger partial charge in [0.15, 0.2) is 0 Å². The van der Waals surface area contributed by atoms with Gasteiger partial charge in [-0.3, -0.25) is 14.9 Å². The fourth-order valence-electron chi connectivity index (χ4n) is 3.78. The fraction of sp³-hybridized carbons (Fsp3) is 0.409. The van der Waals surface area contributed by atoms with E-state index in [1.807, 2.05) is 19.1 Å². The van der Waals surface area contributed by atoms with Gasteiger partial charge in [-0.15, -0.1) is 0 Å². The van der Waals surface area contributed by atoms with Crippen LogP contribution in [0.25, 0.3) is 0 Å². The van der Waals surface area contributed by atoms with Crippen molar-refractivity contribution in [3.8, 4) is 0 Å². The van der Waals surface area contributed by atoms with Crippen LogP contribution in [0.3, 0.4) is 0 Å². The van der Waals surface area contributed by atoms with Crippen molar-refractivity contribution in [1.29, 1.82) is 0 Å². The van der Waals surface area contributed by atoms with E-state index in [2.05, 4.69) is 29.3 Å². The van der Waals surface area contributed by atoms with E-state index in [1.54, 1.807) is 18.2 Å². The molecule has 148 valence electrons. The molecule has 1 saturated heterocycles. The van der Waals surface area contributed by atoms with Crippen LogP contribution in [0.4, 0.5) is 11.4 Å². The van der Waals surface area contributed by atoms with E-state index < -0.39 is 4.92 Å². The lowest BCUT2D eigenvalue weighted by molar-refractivity contribution is -0.385. The first-order valence-corrected chi connectivity index (χ1v) is 9.80. The number of anilines is 1. The zero-order valence-corrected chi connectivity index (χ0v) is 16.4. The topological polar surface area (TPSA) is 75.5 Å². The molecule has 1 aliphatic heterocycles. The van der Waals surface area contributed by atoms with Crippen molar-refractivity contribution in [3.63, 3.8) is 0 Å². The smallest absolute Gasteiger partial charge is 0.273 e. The van der Waals surface area contributed by atoms with Gasteiger partial charge in [0, 0.05) is 30.4 Å². The van der Waals surface area contributed by atoms with Crippen LogP contribution in [0.15, 0.2) is 48.5 Å². The van der Waals surface area contributed by atoms with Crippen molar-refractivity contribution in [3.05, 3.63) is 69.8 Å². The van der Waals surface area contributed by atoms with Crippen LogP contribution in [0.2, 0.25) is 0 Å². The number of hydrogen-bond donors (Lipinski definition) is 1. The summed E-state index contributed by atoms with van der Waals surface area (Å²) in [6.07, 6.45) is 2.50. The number of para-hydroxylation sites is 1. The molecular formula is C22H27N3O3. The van der Waals surface area contributed by atoms with Gasteiger partial charge in [0.25, 0.3) is 5.69 Å². The third-order valence-corrected chi connectivity index (χ3v) is 5.33. The molecule has 1 amide bonds. The number of carbonyl (C=O) groups is 1. The first-order valence-electron chi connectivity index (χ1n) is 9.80. The van der Waals surface area contributed by atoms with E-state index in [4.69, 9.17) is 0 Å². The Hall–Kier alpha value is -2.89. The van der Waals surface area contributed by atoms with E-state index >= 15 is 0 Å². The summed E-state index contributed by atoms with van der Waals surface area (Å²) in [5.74, 6) is 0.490. The SMILES string of the molecule is C[C@@H]1CCCN(c2ccc([C@H](C)NC(=O)Cc3ccccc3[N+](=O)[O-])cc2)C1. The lowest BCUT2D eigenvalue weighted by atomic mass is 9.99. The van der Waals surface area contributed by atoms with Crippen molar-refractivity contribution in [2.75, 3.05) is 18.0 Å². The standard InChI is InChI=1S/C22H27N3O3/c1-16-6-5-13-24(15-16)20-11-9-18(10-12-20)17(2)23-22(26)14-19-7-3-4-8-21(19)25(27)28/h3-4,7-12,16-17H,5-6,13-15H2,1-2H3,(H,23,26)/t16-,17+/m1/s1. The average molecular weight is 381 g/mol. The van der Waals surface area contributed by atoms with E-state index in [9.17, 15) is 14.9 Å². The van der Waals surface area contributed by atoms with Crippen molar-refractivity contribution in [2.45, 2.75) is 39.2 Å². The van der Waals surface area contributed by atoms with Gasteiger partial charge in [-0.05, 0) is 43.4 Å². The highest BCUT2D eigenvalue weighted by Gasteiger charge is 2.19. The lowest BCUT2D eigenvalue weighted by Gasteiger charge is -2.33. The molecule has 0 radical (unpaired) electrons. The Morgan fingerprint density at radius 1 is 1.25 bits per heavy atom. The molecule has 1 aliphatic rings. The molecule has 0 aliphatic carbocycles. The highest BCUT2D eigenvalue weighted by Crippen LogP contribution is 2.25. The van der Waals surface area contributed by atoms with E-state index in [0.29, 0.717) is 11.5 Å². The maximum atomic E-state index is 12.4. The molecule has 2 aromatic rings. The third-order valence-electron chi connectivity index (χ3n) is 5.33. The predicted octanol–water partition coefficient (Wildman–Crippen LogP) is 4.25. The highest BCUT2D eigenvalue weighted by molar-refractivity contribution is 5.80. The van der Waals surface area contributed by atoms with Gasteiger partial charge < -0.3 is 10.2 Å². The van der Waals surface area contributed by atoms with Crippen molar-refractivity contribution in [1.82, 2.24) is 5.32 Å². The fourth-order valence-corrected chi connectivity index (χ4v) is 3.78. The molecule has 3 rings (SSSR count). The van der Waals surface area contributed by atoms with Crippen molar-refractivity contribution >= 4 is 17.3 Å². The lowest BCUT2D eigenvalue weighted by Crippen LogP contribution is -2.34. The molecule has 6 nitrogen and oxygen atoms in total. The summed E-state index contributed by atoms with van der Waals surface area (Å²) in [4.78, 5) is 25.4. The van der Waals surface area contributed by atoms with E-state index in [-0.39, 0.29) is 24.1 Å². The van der Waals surface area contributed by atoms with E-state index in [0.717, 1.165) is 18.7 Å². The predicted molar refractivity (Wildman–Crippen MR) is 110 cm³/mol. The molecule has 0 spiro atoms. The van der Waals surface area contributed by atoms with Gasteiger partial charge in [0.1, 0.15) is 0 Å². The molecule has 1 N–H and O–H groups in total. The third kappa shape index (κ3) is 4.88. The summed E-state index contributed by atoms with van der Waals surface area (Å²) in [7, 11) is 0. The molecule has 28 heavy (non-hydrogen) atoms. The summed E-state index contributed by atoms with van der Waals surface area (Å²) in [6.45, 7) is 6.39. The summed E-state index contributed by atoms with van der Waals surface area (Å²) >= 11 is 0. The van der Waals surface area contributed by atoms with Crippen LogP contribution in [0, 0.1) is 16.0 Å². The maximum Gasteiger partial charge on any atom is 0.273 e. The van der Waals surface area contributed by atoms with Crippen LogP contribution in [-0.2, 0) is 11.2 Å². The Labute approximate surface area is 165 Å². The van der Waals surface area contributed by atoms with E-state index in [1.165, 1.54) is 24.6 Å². The number of rotatable bonds is 6. The second-order valence-corrected chi connectivity index (χ2v) is 7.64. The van der Waals surface area contributed by atoms with Gasteiger partial charge in [-0.1, -0.05) is 37.3 Å². The monoisotopic (exact) mass is 381 g/mol. The molecular weight excluding hydrogens is 354 g/mol. The summed E-state index contributed by atoms with van der Waals surface area (Å²) in [6, 6.07) is 14.5. The van der Waals surface area contributed by atoms with Crippen LogP contribution < -0.4 is 10.2 Å². The Balaban J connectivity index is 1.60.